The van der Waals surface area contributed by atoms with Crippen molar-refractivity contribution in [1.29, 1.82) is 0 Å². The van der Waals surface area contributed by atoms with E-state index in [2.05, 4.69) is 37.2 Å². The number of halogens is 2. The minimum Gasteiger partial charge on any atom is -0.321 e. The van der Waals surface area contributed by atoms with Crippen LogP contribution in [0.25, 0.3) is 0 Å². The summed E-state index contributed by atoms with van der Waals surface area (Å²) in [6, 6.07) is 9.34. The molecule has 2 rings (SSSR count). The highest BCUT2D eigenvalue weighted by atomic mass is 79.9. The molecule has 1 heterocycles. The Morgan fingerprint density at radius 2 is 1.81 bits per heavy atom. The van der Waals surface area contributed by atoms with Crippen molar-refractivity contribution in [3.8, 4) is 0 Å². The summed E-state index contributed by atoms with van der Waals surface area (Å²) in [4.78, 5) is 12.5. The first-order chi connectivity index (χ1) is 7.66. The molecule has 0 atom stereocenters. The maximum atomic E-state index is 11.8. The first kappa shape index (κ1) is 11.8. The van der Waals surface area contributed by atoms with Crippen LogP contribution in [-0.4, -0.2) is 5.91 Å². The van der Waals surface area contributed by atoms with Gasteiger partial charge in [0.25, 0.3) is 5.91 Å². The van der Waals surface area contributed by atoms with Gasteiger partial charge in [-0.25, -0.2) is 0 Å². The van der Waals surface area contributed by atoms with Crippen LogP contribution in [0.2, 0.25) is 0 Å². The van der Waals surface area contributed by atoms with Crippen LogP contribution in [0.5, 0.6) is 0 Å². The summed E-state index contributed by atoms with van der Waals surface area (Å²) in [6.07, 6.45) is 0. The van der Waals surface area contributed by atoms with Crippen LogP contribution in [0, 0.1) is 0 Å². The van der Waals surface area contributed by atoms with E-state index in [4.69, 9.17) is 0 Å². The van der Waals surface area contributed by atoms with E-state index in [1.807, 2.05) is 35.7 Å². The lowest BCUT2D eigenvalue weighted by Crippen LogP contribution is -2.10. The number of amides is 1. The molecule has 2 nitrogen and oxygen atoms in total. The molecular formula is C11H7Br2NOS. The maximum absolute atomic E-state index is 11.8. The Bertz CT molecular complexity index is 507. The van der Waals surface area contributed by atoms with E-state index in [0.29, 0.717) is 4.88 Å². The molecule has 0 saturated heterocycles. The summed E-state index contributed by atoms with van der Waals surface area (Å²) in [5.74, 6) is -0.0933. The smallest absolute Gasteiger partial charge is 0.266 e. The van der Waals surface area contributed by atoms with Crippen molar-refractivity contribution in [3.05, 3.63) is 49.5 Å². The van der Waals surface area contributed by atoms with Gasteiger partial charge in [-0.3, -0.25) is 4.79 Å². The summed E-state index contributed by atoms with van der Waals surface area (Å²) >= 11 is 8.09. The molecule has 1 aromatic heterocycles. The molecule has 0 bridgehead atoms. The lowest BCUT2D eigenvalue weighted by atomic mass is 10.3. The van der Waals surface area contributed by atoms with Crippen molar-refractivity contribution in [1.82, 2.24) is 0 Å². The highest BCUT2D eigenvalue weighted by Crippen LogP contribution is 2.24. The molecule has 5 heteroatoms. The van der Waals surface area contributed by atoms with Gasteiger partial charge in [0.15, 0.2) is 0 Å². The fourth-order valence-electron chi connectivity index (χ4n) is 1.18. The summed E-state index contributed by atoms with van der Waals surface area (Å²) < 4.78 is 1.81. The van der Waals surface area contributed by atoms with Crippen LogP contribution >= 0.6 is 43.2 Å². The van der Waals surface area contributed by atoms with E-state index in [9.17, 15) is 4.79 Å². The molecule has 0 spiro atoms. The molecular weight excluding hydrogens is 354 g/mol. The number of nitrogens with one attached hydrogen (secondary N) is 1. The number of hydrogen-bond donors (Lipinski definition) is 1. The molecule has 0 fully saturated rings. The van der Waals surface area contributed by atoms with E-state index < -0.39 is 0 Å². The SMILES string of the molecule is O=C(Nc1ccc(Br)cc1)c1sccc1Br. The Morgan fingerprint density at radius 1 is 1.12 bits per heavy atom. The number of carbonyl (C=O) groups excluding carboxylic acids is 1. The van der Waals surface area contributed by atoms with Gasteiger partial charge in [0, 0.05) is 14.6 Å². The van der Waals surface area contributed by atoms with E-state index >= 15 is 0 Å². The second-order valence-corrected chi connectivity index (χ2v) is 5.74. The van der Waals surface area contributed by atoms with E-state index in [1.54, 1.807) is 0 Å². The summed E-state index contributed by atoms with van der Waals surface area (Å²) in [6.45, 7) is 0. The third-order valence-electron chi connectivity index (χ3n) is 1.93. The van der Waals surface area contributed by atoms with Crippen LogP contribution in [0.3, 0.4) is 0 Å². The lowest BCUT2D eigenvalue weighted by molar-refractivity contribution is 0.103. The largest absolute Gasteiger partial charge is 0.321 e. The molecule has 2 aromatic rings. The lowest BCUT2D eigenvalue weighted by Gasteiger charge is -2.03. The van der Waals surface area contributed by atoms with Crippen molar-refractivity contribution in [2.75, 3.05) is 5.32 Å². The number of carbonyl (C=O) groups is 1. The molecule has 16 heavy (non-hydrogen) atoms. The third kappa shape index (κ3) is 2.72. The fraction of sp³-hybridized carbons (Fsp3) is 0. The minimum absolute atomic E-state index is 0.0933. The molecule has 0 radical (unpaired) electrons. The number of benzene rings is 1. The maximum Gasteiger partial charge on any atom is 0.266 e. The minimum atomic E-state index is -0.0933. The Hall–Kier alpha value is -0.650. The Labute approximate surface area is 114 Å². The van der Waals surface area contributed by atoms with Gasteiger partial charge < -0.3 is 5.32 Å². The average molecular weight is 361 g/mol. The topological polar surface area (TPSA) is 29.1 Å². The monoisotopic (exact) mass is 359 g/mol. The van der Waals surface area contributed by atoms with Crippen LogP contribution in [0.1, 0.15) is 9.67 Å². The van der Waals surface area contributed by atoms with Gasteiger partial charge in [0.2, 0.25) is 0 Å². The van der Waals surface area contributed by atoms with Crippen molar-refractivity contribution in [3.63, 3.8) is 0 Å². The molecule has 0 aliphatic rings. The number of thiophene rings is 1. The predicted octanol–water partition coefficient (Wildman–Crippen LogP) is 4.53. The molecule has 1 aromatic carbocycles. The molecule has 0 saturated carbocycles. The normalized spacial score (nSPS) is 10.1. The zero-order valence-electron chi connectivity index (χ0n) is 8.04. The molecule has 1 amide bonds. The Morgan fingerprint density at radius 3 is 2.38 bits per heavy atom. The Kier molecular flexibility index (Phi) is 3.78. The van der Waals surface area contributed by atoms with Crippen LogP contribution in [0.4, 0.5) is 5.69 Å². The van der Waals surface area contributed by atoms with Gasteiger partial charge in [-0.15, -0.1) is 11.3 Å². The zero-order chi connectivity index (χ0) is 11.5. The van der Waals surface area contributed by atoms with Crippen molar-refractivity contribution in [2.45, 2.75) is 0 Å². The van der Waals surface area contributed by atoms with Gasteiger partial charge in [0.1, 0.15) is 4.88 Å². The average Bonchev–Trinajstić information content (AvgIpc) is 2.68. The molecule has 1 N–H and O–H groups in total. The van der Waals surface area contributed by atoms with Gasteiger partial charge in [-0.05, 0) is 51.6 Å². The van der Waals surface area contributed by atoms with Gasteiger partial charge >= 0.3 is 0 Å². The summed E-state index contributed by atoms with van der Waals surface area (Å²) in [5, 5.41) is 4.71. The number of anilines is 1. The quantitative estimate of drug-likeness (QED) is 0.837. The summed E-state index contributed by atoms with van der Waals surface area (Å²) in [5.41, 5.74) is 0.786. The second-order valence-electron chi connectivity index (χ2n) is 3.06. The zero-order valence-corrected chi connectivity index (χ0v) is 12.0. The van der Waals surface area contributed by atoms with Gasteiger partial charge in [0.05, 0.1) is 0 Å². The number of hydrogen-bond acceptors (Lipinski definition) is 2. The van der Waals surface area contributed by atoms with Crippen molar-refractivity contribution < 1.29 is 4.79 Å². The van der Waals surface area contributed by atoms with Crippen molar-refractivity contribution >= 4 is 54.8 Å². The van der Waals surface area contributed by atoms with Crippen LogP contribution in [-0.2, 0) is 0 Å². The first-order valence-electron chi connectivity index (χ1n) is 4.47. The fourth-order valence-corrected chi connectivity index (χ4v) is 2.89. The summed E-state index contributed by atoms with van der Waals surface area (Å²) in [7, 11) is 0. The van der Waals surface area contributed by atoms with Crippen molar-refractivity contribution in [2.24, 2.45) is 0 Å². The first-order valence-corrected chi connectivity index (χ1v) is 6.93. The Balaban J connectivity index is 2.14. The predicted molar refractivity (Wildman–Crippen MR) is 74.1 cm³/mol. The second kappa shape index (κ2) is 5.12. The molecule has 0 aliphatic heterocycles. The van der Waals surface area contributed by atoms with Crippen LogP contribution in [0.15, 0.2) is 44.7 Å². The molecule has 0 unspecified atom stereocenters. The number of rotatable bonds is 2. The highest BCUT2D eigenvalue weighted by molar-refractivity contribution is 9.10. The molecule has 0 aliphatic carbocycles. The van der Waals surface area contributed by atoms with E-state index in [-0.39, 0.29) is 5.91 Å². The standard InChI is InChI=1S/C11H7Br2NOS/c12-7-1-3-8(4-2-7)14-11(15)10-9(13)5-6-16-10/h1-6H,(H,14,15). The van der Waals surface area contributed by atoms with E-state index in [0.717, 1.165) is 14.6 Å². The van der Waals surface area contributed by atoms with Crippen LogP contribution < -0.4 is 5.32 Å². The molecule has 82 valence electrons. The van der Waals surface area contributed by atoms with Gasteiger partial charge in [-0.1, -0.05) is 15.9 Å². The van der Waals surface area contributed by atoms with E-state index in [1.165, 1.54) is 11.3 Å². The van der Waals surface area contributed by atoms with Gasteiger partial charge in [-0.2, -0.15) is 0 Å². The third-order valence-corrected chi connectivity index (χ3v) is 4.29. The highest BCUT2D eigenvalue weighted by Gasteiger charge is 2.11.